The molecule has 4 aromatic rings. The van der Waals surface area contributed by atoms with Crippen molar-refractivity contribution in [2.24, 2.45) is 0 Å². The van der Waals surface area contributed by atoms with E-state index in [-0.39, 0.29) is 0 Å². The van der Waals surface area contributed by atoms with Gasteiger partial charge in [-0.2, -0.15) is 0 Å². The van der Waals surface area contributed by atoms with Gasteiger partial charge in [-0.25, -0.2) is 5.48 Å². The number of hydrogen-bond acceptors (Lipinski definition) is 5. The highest BCUT2D eigenvalue weighted by Gasteiger charge is 2.28. The monoisotopic (exact) mass is 538 g/mol. The molecule has 1 aromatic heterocycles. The third-order valence-corrected chi connectivity index (χ3v) is 7.62. The number of aromatic nitrogens is 1. The zero-order valence-electron chi connectivity index (χ0n) is 23.3. The zero-order chi connectivity index (χ0) is 27.9. The number of likely N-dealkylation sites (N-methyl/N-ethyl adjacent to an activating group) is 1. The second-order valence-corrected chi connectivity index (χ2v) is 10.7. The van der Waals surface area contributed by atoms with Gasteiger partial charge in [0.15, 0.2) is 0 Å². The number of ether oxygens (including phenoxy) is 1. The first kappa shape index (κ1) is 27.6. The lowest BCUT2D eigenvalue weighted by molar-refractivity contribution is -0.124. The molecular weight excluding hydrogens is 500 g/mol. The smallest absolute Gasteiger partial charge is 0.267 e. The Hall–Kier alpha value is -3.91. The van der Waals surface area contributed by atoms with Crippen molar-refractivity contribution in [3.63, 3.8) is 0 Å². The van der Waals surface area contributed by atoms with E-state index in [4.69, 9.17) is 9.94 Å². The van der Waals surface area contributed by atoms with Crippen LogP contribution in [-0.4, -0.2) is 59.3 Å². The maximum atomic E-state index is 11.4. The molecule has 0 fully saturated rings. The quantitative estimate of drug-likeness (QED) is 0.146. The first-order valence-electron chi connectivity index (χ1n) is 13.9. The first-order valence-corrected chi connectivity index (χ1v) is 13.9. The minimum atomic E-state index is -0.531. The highest BCUT2D eigenvalue weighted by molar-refractivity contribution is 5.90. The number of rotatable bonds is 12. The molecule has 2 N–H and O–H groups in total. The van der Waals surface area contributed by atoms with Crippen LogP contribution in [0.4, 0.5) is 0 Å². The summed E-state index contributed by atoms with van der Waals surface area (Å²) >= 11 is 0. The van der Waals surface area contributed by atoms with Crippen molar-refractivity contribution in [2.75, 3.05) is 33.8 Å². The second-order valence-electron chi connectivity index (χ2n) is 10.7. The molecule has 0 spiro atoms. The number of benzene rings is 3. The predicted molar refractivity (Wildman–Crippen MR) is 159 cm³/mol. The molecule has 1 aliphatic rings. The lowest BCUT2D eigenvalue weighted by atomic mass is 10.0. The molecule has 0 aliphatic heterocycles. The highest BCUT2D eigenvalue weighted by Crippen LogP contribution is 2.37. The fourth-order valence-corrected chi connectivity index (χ4v) is 5.50. The molecular formula is C33H38N4O3. The maximum Gasteiger partial charge on any atom is 0.267 e. The van der Waals surface area contributed by atoms with Crippen molar-refractivity contribution in [1.82, 2.24) is 19.8 Å². The van der Waals surface area contributed by atoms with E-state index in [1.807, 2.05) is 14.1 Å². The Kier molecular flexibility index (Phi) is 8.96. The number of hydrogen-bond donors (Lipinski definition) is 2. The molecule has 0 radical (unpaired) electrons. The third kappa shape index (κ3) is 6.80. The SMILES string of the molecule is CN(C)CCOc1ccc(CN(CCn2ccc3ccccc32)C2CCc3cc(/C=C/C(=O)NO)ccc32)cc1. The van der Waals surface area contributed by atoms with Crippen molar-refractivity contribution in [1.29, 1.82) is 0 Å². The Labute approximate surface area is 236 Å². The molecule has 1 amide bonds. The van der Waals surface area contributed by atoms with Crippen LogP contribution >= 0.6 is 0 Å². The number of fused-ring (bicyclic) bond motifs is 2. The van der Waals surface area contributed by atoms with Gasteiger partial charge in [0.05, 0.1) is 0 Å². The average Bonchev–Trinajstić information content (AvgIpc) is 3.58. The van der Waals surface area contributed by atoms with E-state index >= 15 is 0 Å². The van der Waals surface area contributed by atoms with Gasteiger partial charge in [0.2, 0.25) is 0 Å². The van der Waals surface area contributed by atoms with Crippen LogP contribution < -0.4 is 10.2 Å². The summed E-state index contributed by atoms with van der Waals surface area (Å²) in [5.74, 6) is 0.369. The van der Waals surface area contributed by atoms with E-state index in [1.54, 1.807) is 11.6 Å². The molecule has 1 unspecified atom stereocenters. The van der Waals surface area contributed by atoms with Gasteiger partial charge in [0.25, 0.3) is 5.91 Å². The fourth-order valence-electron chi connectivity index (χ4n) is 5.50. The van der Waals surface area contributed by atoms with Crippen LogP contribution in [0.25, 0.3) is 17.0 Å². The number of aryl methyl sites for hydroxylation is 1. The molecule has 7 nitrogen and oxygen atoms in total. The number of nitrogens with one attached hydrogen (secondary N) is 1. The normalized spacial score (nSPS) is 14.9. The number of carbonyl (C=O) groups is 1. The Morgan fingerprint density at radius 2 is 1.90 bits per heavy atom. The molecule has 5 rings (SSSR count). The van der Waals surface area contributed by atoms with Gasteiger partial charge in [0.1, 0.15) is 12.4 Å². The van der Waals surface area contributed by atoms with Crippen molar-refractivity contribution in [3.8, 4) is 5.75 Å². The van der Waals surface area contributed by atoms with Crippen LogP contribution in [0.1, 0.15) is 34.7 Å². The van der Waals surface area contributed by atoms with E-state index in [0.29, 0.717) is 12.6 Å². The highest BCUT2D eigenvalue weighted by atomic mass is 16.5. The van der Waals surface area contributed by atoms with Gasteiger partial charge in [-0.3, -0.25) is 14.9 Å². The maximum absolute atomic E-state index is 11.4. The Balaban J connectivity index is 1.34. The van der Waals surface area contributed by atoms with E-state index in [2.05, 4.69) is 93.4 Å². The van der Waals surface area contributed by atoms with Gasteiger partial charge in [-0.1, -0.05) is 48.5 Å². The molecule has 0 bridgehead atoms. The van der Waals surface area contributed by atoms with Crippen LogP contribution in [0.15, 0.2) is 85.1 Å². The van der Waals surface area contributed by atoms with Crippen LogP contribution in [0.3, 0.4) is 0 Å². The number of nitrogens with zero attached hydrogens (tertiary/aromatic N) is 3. The summed E-state index contributed by atoms with van der Waals surface area (Å²) in [6, 6.07) is 26.0. The van der Waals surface area contributed by atoms with Gasteiger partial charge in [-0.05, 0) is 84.9 Å². The number of hydroxylamine groups is 1. The van der Waals surface area contributed by atoms with Crippen LogP contribution in [-0.2, 0) is 24.3 Å². The summed E-state index contributed by atoms with van der Waals surface area (Å²) < 4.78 is 8.26. The minimum absolute atomic E-state index is 0.312. The van der Waals surface area contributed by atoms with Crippen LogP contribution in [0.5, 0.6) is 5.75 Å². The topological polar surface area (TPSA) is 70.0 Å². The number of para-hydroxylation sites is 1. The fraction of sp³-hybridized carbons (Fsp3) is 0.303. The summed E-state index contributed by atoms with van der Waals surface area (Å²) in [7, 11) is 4.10. The van der Waals surface area contributed by atoms with E-state index < -0.39 is 5.91 Å². The molecule has 0 saturated carbocycles. The summed E-state index contributed by atoms with van der Waals surface area (Å²) in [5.41, 5.74) is 7.79. The van der Waals surface area contributed by atoms with E-state index in [0.717, 1.165) is 50.3 Å². The molecule has 1 atom stereocenters. The number of carbonyl (C=O) groups excluding carboxylic acids is 1. The third-order valence-electron chi connectivity index (χ3n) is 7.62. The van der Waals surface area contributed by atoms with Gasteiger partial charge in [-0.15, -0.1) is 0 Å². The standard InChI is InChI=1S/C33H38N4O3/c1-35(2)21-22-40-29-12-7-26(8-13-29)24-37(20-19-36-18-17-27-5-3-4-6-31(27)36)32-15-11-28-23-25(9-14-30(28)32)10-16-33(38)34-39/h3-10,12-14,16-18,23,32,39H,11,15,19-22,24H2,1-2H3,(H,34,38)/b16-10+. The molecule has 1 heterocycles. The summed E-state index contributed by atoms with van der Waals surface area (Å²) in [6.45, 7) is 4.23. The number of amides is 1. The summed E-state index contributed by atoms with van der Waals surface area (Å²) in [4.78, 5) is 16.1. The van der Waals surface area contributed by atoms with Crippen molar-refractivity contribution >= 4 is 22.9 Å². The molecule has 208 valence electrons. The van der Waals surface area contributed by atoms with Gasteiger partial charge in [0, 0.05) is 50.0 Å². The zero-order valence-corrected chi connectivity index (χ0v) is 23.3. The minimum Gasteiger partial charge on any atom is -0.492 e. The van der Waals surface area contributed by atoms with Crippen molar-refractivity contribution in [3.05, 3.63) is 107 Å². The van der Waals surface area contributed by atoms with Gasteiger partial charge < -0.3 is 14.2 Å². The average molecular weight is 539 g/mol. The Bertz CT molecular complexity index is 1460. The van der Waals surface area contributed by atoms with Crippen molar-refractivity contribution < 1.29 is 14.7 Å². The predicted octanol–water partition coefficient (Wildman–Crippen LogP) is 5.29. The molecule has 3 aromatic carbocycles. The van der Waals surface area contributed by atoms with Crippen molar-refractivity contribution in [2.45, 2.75) is 32.0 Å². The summed E-state index contributed by atoms with van der Waals surface area (Å²) in [6.07, 6.45) is 7.31. The van der Waals surface area contributed by atoms with Crippen LogP contribution in [0.2, 0.25) is 0 Å². The summed E-state index contributed by atoms with van der Waals surface area (Å²) in [5, 5.41) is 10.0. The Morgan fingerprint density at radius 1 is 1.07 bits per heavy atom. The molecule has 40 heavy (non-hydrogen) atoms. The largest absolute Gasteiger partial charge is 0.492 e. The molecule has 1 aliphatic carbocycles. The lowest BCUT2D eigenvalue weighted by Gasteiger charge is -2.30. The van der Waals surface area contributed by atoms with E-state index in [9.17, 15) is 4.79 Å². The molecule has 0 saturated heterocycles. The molecule has 7 heteroatoms. The second kappa shape index (κ2) is 13.0. The van der Waals surface area contributed by atoms with Gasteiger partial charge >= 0.3 is 0 Å². The lowest BCUT2D eigenvalue weighted by Crippen LogP contribution is -2.30. The first-order chi connectivity index (χ1) is 19.5. The Morgan fingerprint density at radius 3 is 2.70 bits per heavy atom. The van der Waals surface area contributed by atoms with E-state index in [1.165, 1.54) is 33.7 Å². The van der Waals surface area contributed by atoms with Crippen LogP contribution in [0, 0.1) is 0 Å².